The van der Waals surface area contributed by atoms with Crippen LogP contribution in [0, 0.1) is 6.07 Å². The van der Waals surface area contributed by atoms with Crippen molar-refractivity contribution in [1.82, 2.24) is 9.80 Å². The Morgan fingerprint density at radius 1 is 0.929 bits per heavy atom. The van der Waals surface area contributed by atoms with Crippen molar-refractivity contribution in [2.75, 3.05) is 28.2 Å². The van der Waals surface area contributed by atoms with Crippen molar-refractivity contribution in [3.05, 3.63) is 35.4 Å². The van der Waals surface area contributed by atoms with Gasteiger partial charge in [-0.25, -0.2) is 0 Å². The Morgan fingerprint density at radius 2 is 1.36 bits per heavy atom. The smallest absolute Gasteiger partial charge is 0.0233 e. The van der Waals surface area contributed by atoms with Gasteiger partial charge < -0.3 is 9.80 Å². The molecule has 0 aromatic heterocycles. The van der Waals surface area contributed by atoms with Crippen LogP contribution in [-0.2, 0) is 13.1 Å². The van der Waals surface area contributed by atoms with E-state index >= 15 is 0 Å². The fourth-order valence-electron chi connectivity index (χ4n) is 1.44. The first-order valence-corrected chi connectivity index (χ1v) is 4.87. The number of benzene rings is 1. The molecular formula is C12H19N2. The topological polar surface area (TPSA) is 6.48 Å². The minimum atomic E-state index is 0.960. The molecule has 1 radical (unpaired) electrons. The van der Waals surface area contributed by atoms with Gasteiger partial charge in [0, 0.05) is 13.1 Å². The summed E-state index contributed by atoms with van der Waals surface area (Å²) >= 11 is 0. The lowest BCUT2D eigenvalue weighted by Gasteiger charge is -2.12. The SMILES string of the molecule is CN(C)Cc1[c]c(CN(C)C)ccc1. The van der Waals surface area contributed by atoms with Crippen LogP contribution >= 0.6 is 0 Å². The molecule has 1 rings (SSSR count). The van der Waals surface area contributed by atoms with Crippen LogP contribution in [0.4, 0.5) is 0 Å². The Balaban J connectivity index is 2.68. The molecule has 0 saturated carbocycles. The van der Waals surface area contributed by atoms with Crippen LogP contribution in [0.25, 0.3) is 0 Å². The van der Waals surface area contributed by atoms with Crippen LogP contribution in [0.5, 0.6) is 0 Å². The van der Waals surface area contributed by atoms with E-state index in [0.717, 1.165) is 13.1 Å². The molecule has 0 heterocycles. The van der Waals surface area contributed by atoms with Gasteiger partial charge in [-0.3, -0.25) is 0 Å². The Labute approximate surface area is 87.1 Å². The van der Waals surface area contributed by atoms with E-state index in [-0.39, 0.29) is 0 Å². The summed E-state index contributed by atoms with van der Waals surface area (Å²) < 4.78 is 0. The maximum atomic E-state index is 3.42. The van der Waals surface area contributed by atoms with Gasteiger partial charge in [0.05, 0.1) is 0 Å². The first-order valence-electron chi connectivity index (χ1n) is 4.87. The van der Waals surface area contributed by atoms with E-state index in [4.69, 9.17) is 0 Å². The summed E-state index contributed by atoms with van der Waals surface area (Å²) in [6, 6.07) is 9.78. The van der Waals surface area contributed by atoms with E-state index < -0.39 is 0 Å². The molecule has 0 atom stereocenters. The van der Waals surface area contributed by atoms with Gasteiger partial charge in [-0.15, -0.1) is 0 Å². The van der Waals surface area contributed by atoms with Crippen LogP contribution in [0.1, 0.15) is 11.1 Å². The summed E-state index contributed by atoms with van der Waals surface area (Å²) in [5, 5.41) is 0. The second-order valence-corrected chi connectivity index (χ2v) is 4.18. The maximum Gasteiger partial charge on any atom is 0.0233 e. The molecule has 0 fully saturated rings. The Bertz CT molecular complexity index is 254. The molecule has 0 unspecified atom stereocenters. The molecule has 0 N–H and O–H groups in total. The number of rotatable bonds is 4. The summed E-state index contributed by atoms with van der Waals surface area (Å²) in [6.45, 7) is 1.92. The van der Waals surface area contributed by atoms with Gasteiger partial charge in [0.15, 0.2) is 0 Å². The van der Waals surface area contributed by atoms with Crippen molar-refractivity contribution in [2.24, 2.45) is 0 Å². The summed E-state index contributed by atoms with van der Waals surface area (Å²) in [4.78, 5) is 4.32. The van der Waals surface area contributed by atoms with Crippen molar-refractivity contribution in [2.45, 2.75) is 13.1 Å². The fourth-order valence-corrected chi connectivity index (χ4v) is 1.44. The number of hydrogen-bond acceptors (Lipinski definition) is 2. The summed E-state index contributed by atoms with van der Waals surface area (Å²) in [5.74, 6) is 0. The predicted octanol–water partition coefficient (Wildman–Crippen LogP) is 1.61. The first kappa shape index (κ1) is 11.2. The molecule has 0 aliphatic carbocycles. The van der Waals surface area contributed by atoms with Crippen molar-refractivity contribution in [3.63, 3.8) is 0 Å². The van der Waals surface area contributed by atoms with Gasteiger partial charge in [-0.2, -0.15) is 0 Å². The predicted molar refractivity (Wildman–Crippen MR) is 60.1 cm³/mol. The van der Waals surface area contributed by atoms with Crippen LogP contribution in [0.3, 0.4) is 0 Å². The molecule has 77 valence electrons. The highest BCUT2D eigenvalue weighted by atomic mass is 15.1. The van der Waals surface area contributed by atoms with E-state index in [1.807, 2.05) is 0 Å². The highest BCUT2D eigenvalue weighted by Gasteiger charge is 1.99. The van der Waals surface area contributed by atoms with Gasteiger partial charge in [0.1, 0.15) is 0 Å². The van der Waals surface area contributed by atoms with Crippen molar-refractivity contribution < 1.29 is 0 Å². The first-order chi connectivity index (χ1) is 6.58. The van der Waals surface area contributed by atoms with Gasteiger partial charge in [0.2, 0.25) is 0 Å². The highest BCUT2D eigenvalue weighted by molar-refractivity contribution is 5.21. The molecule has 0 bridgehead atoms. The molecule has 0 amide bonds. The second-order valence-electron chi connectivity index (χ2n) is 4.18. The summed E-state index contributed by atoms with van der Waals surface area (Å²) in [7, 11) is 8.30. The van der Waals surface area contributed by atoms with Crippen LogP contribution in [-0.4, -0.2) is 38.0 Å². The molecule has 2 nitrogen and oxygen atoms in total. The molecule has 1 aromatic carbocycles. The summed E-state index contributed by atoms with van der Waals surface area (Å²) in [5.41, 5.74) is 2.52. The zero-order valence-corrected chi connectivity index (χ0v) is 9.54. The molecular weight excluding hydrogens is 172 g/mol. The molecule has 0 aliphatic heterocycles. The molecule has 0 aliphatic rings. The molecule has 0 saturated heterocycles. The maximum absolute atomic E-state index is 3.42. The third-order valence-electron chi connectivity index (χ3n) is 1.89. The standard InChI is InChI=1S/C12H19N2/c1-13(2)9-11-6-5-7-12(8-11)10-14(3)4/h5-7H,9-10H2,1-4H3. The zero-order chi connectivity index (χ0) is 10.6. The van der Waals surface area contributed by atoms with Crippen LogP contribution in [0.2, 0.25) is 0 Å². The van der Waals surface area contributed by atoms with Crippen molar-refractivity contribution in [1.29, 1.82) is 0 Å². The Kier molecular flexibility index (Phi) is 4.11. The number of nitrogens with zero attached hydrogens (tertiary/aromatic N) is 2. The van der Waals surface area contributed by atoms with Crippen molar-refractivity contribution in [3.8, 4) is 0 Å². The molecule has 0 spiro atoms. The normalized spacial score (nSPS) is 11.3. The van der Waals surface area contributed by atoms with E-state index in [1.165, 1.54) is 11.1 Å². The Hall–Kier alpha value is -0.860. The number of hydrogen-bond donors (Lipinski definition) is 0. The lowest BCUT2D eigenvalue weighted by molar-refractivity contribution is 0.395. The minimum Gasteiger partial charge on any atom is -0.305 e. The minimum absolute atomic E-state index is 0.960. The quantitative estimate of drug-likeness (QED) is 0.713. The highest BCUT2D eigenvalue weighted by Crippen LogP contribution is 2.07. The Morgan fingerprint density at radius 3 is 1.71 bits per heavy atom. The monoisotopic (exact) mass is 191 g/mol. The third-order valence-corrected chi connectivity index (χ3v) is 1.89. The van der Waals surface area contributed by atoms with Crippen LogP contribution < -0.4 is 0 Å². The van der Waals surface area contributed by atoms with Crippen LogP contribution in [0.15, 0.2) is 18.2 Å². The van der Waals surface area contributed by atoms with Crippen molar-refractivity contribution >= 4 is 0 Å². The second kappa shape index (κ2) is 5.13. The molecule has 2 heteroatoms. The average Bonchev–Trinajstić information content (AvgIpc) is 2.01. The lowest BCUT2D eigenvalue weighted by Crippen LogP contribution is -2.13. The fraction of sp³-hybridized carbons (Fsp3) is 0.500. The summed E-state index contributed by atoms with van der Waals surface area (Å²) in [6.07, 6.45) is 0. The molecule has 1 aromatic rings. The van der Waals surface area contributed by atoms with E-state index in [0.29, 0.717) is 0 Å². The van der Waals surface area contributed by atoms with Gasteiger partial charge in [-0.1, -0.05) is 18.2 Å². The zero-order valence-electron chi connectivity index (χ0n) is 9.54. The van der Waals surface area contributed by atoms with E-state index in [2.05, 4.69) is 62.3 Å². The van der Waals surface area contributed by atoms with E-state index in [1.54, 1.807) is 0 Å². The lowest BCUT2D eigenvalue weighted by atomic mass is 10.1. The largest absolute Gasteiger partial charge is 0.305 e. The molecule has 14 heavy (non-hydrogen) atoms. The average molecular weight is 191 g/mol. The van der Waals surface area contributed by atoms with E-state index in [9.17, 15) is 0 Å². The van der Waals surface area contributed by atoms with Gasteiger partial charge in [0.25, 0.3) is 0 Å². The van der Waals surface area contributed by atoms with Gasteiger partial charge in [-0.05, 0) is 45.4 Å². The third kappa shape index (κ3) is 3.90. The van der Waals surface area contributed by atoms with Gasteiger partial charge >= 0.3 is 0 Å².